The van der Waals surface area contributed by atoms with E-state index in [-0.39, 0.29) is 26.2 Å². The molecule has 0 aromatic heterocycles. The fraction of sp³-hybridized carbons (Fsp3) is 0.432. The number of benzene rings is 3. The first-order valence-corrected chi connectivity index (χ1v) is 17.4. The van der Waals surface area contributed by atoms with Crippen molar-refractivity contribution in [1.29, 1.82) is 0 Å². The molecule has 0 radical (unpaired) electrons. The van der Waals surface area contributed by atoms with Gasteiger partial charge in [0, 0.05) is 11.5 Å². The Bertz CT molecular complexity index is 1720. The minimum Gasteiger partial charge on any atom is -0.465 e. The number of nitrogens with zero attached hydrogens (tertiary/aromatic N) is 4. The molecule has 1 saturated carbocycles. The van der Waals surface area contributed by atoms with E-state index in [2.05, 4.69) is 20.7 Å². The van der Waals surface area contributed by atoms with E-state index < -0.39 is 79.3 Å². The van der Waals surface area contributed by atoms with E-state index >= 15 is 0 Å². The summed E-state index contributed by atoms with van der Waals surface area (Å²) in [6, 6.07) is 22.6. The number of ether oxygens (including phenoxy) is 4. The Morgan fingerprint density at radius 3 is 1.96 bits per heavy atom. The fourth-order valence-corrected chi connectivity index (χ4v) is 6.75. The number of carbonyl (C=O) groups is 3. The molecule has 10 atom stereocenters. The lowest BCUT2D eigenvalue weighted by Gasteiger charge is -2.49. The zero-order valence-corrected chi connectivity index (χ0v) is 29.4. The second kappa shape index (κ2) is 19.1. The molecule has 2 fully saturated rings. The van der Waals surface area contributed by atoms with Crippen molar-refractivity contribution >= 4 is 18.3 Å². The van der Waals surface area contributed by atoms with Gasteiger partial charge in [-0.05, 0) is 42.0 Å². The summed E-state index contributed by atoms with van der Waals surface area (Å²) >= 11 is 0. The molecule has 0 bridgehead atoms. The Morgan fingerprint density at radius 1 is 0.833 bits per heavy atom. The molecular formula is C37H44N6O11. The largest absolute Gasteiger partial charge is 0.465 e. The first kappa shape index (κ1) is 39.8. The van der Waals surface area contributed by atoms with Crippen molar-refractivity contribution < 1.29 is 53.8 Å². The normalized spacial score (nSPS) is 27.1. The van der Waals surface area contributed by atoms with Crippen LogP contribution in [0.25, 0.3) is 10.4 Å². The van der Waals surface area contributed by atoms with Crippen LogP contribution in [-0.2, 0) is 38.7 Å². The molecule has 1 unspecified atom stereocenters. The summed E-state index contributed by atoms with van der Waals surface area (Å²) in [5.41, 5.74) is 11.7. The van der Waals surface area contributed by atoms with Gasteiger partial charge in [0.25, 0.3) is 0 Å². The van der Waals surface area contributed by atoms with Crippen molar-refractivity contribution in [2.75, 3.05) is 0 Å². The molecule has 288 valence electrons. The molecule has 1 saturated heterocycles. The van der Waals surface area contributed by atoms with E-state index in [4.69, 9.17) is 18.9 Å². The molecule has 54 heavy (non-hydrogen) atoms. The molecule has 17 nitrogen and oxygen atoms in total. The summed E-state index contributed by atoms with van der Waals surface area (Å²) in [4.78, 5) is 42.0. The van der Waals surface area contributed by atoms with Gasteiger partial charge in [-0.25, -0.2) is 14.4 Å². The van der Waals surface area contributed by atoms with Gasteiger partial charge in [-0.3, -0.25) is 4.90 Å². The third-order valence-electron chi connectivity index (χ3n) is 9.51. The maximum Gasteiger partial charge on any atom is 0.410 e. The van der Waals surface area contributed by atoms with Crippen molar-refractivity contribution in [2.45, 2.75) is 101 Å². The highest BCUT2D eigenvalue weighted by atomic mass is 16.7. The van der Waals surface area contributed by atoms with Gasteiger partial charge in [0.15, 0.2) is 6.29 Å². The Hall–Kier alpha value is -5.42. The standard InChI is InChI=1S/C37H44N6O11/c1-22(43(19-23-11-5-2-6-12-23)37(50)52-21-25-15-9-4-10-16-25)27-18-17-26(41-42-38)34(53-27)54-33-29(40-36(48)49)32(51-20-24-13-7-3-8-14-24)28(39-35(46)47)30(44)31(33)45/h2-16,22,26-34,39-40,44-45H,17-21H2,1H3,(H,46,47)(H,48,49)/t22?,26-,27+,28+,29+,30+,31-,32-,33-,34-/m1/s1. The Kier molecular flexibility index (Phi) is 14.0. The van der Waals surface area contributed by atoms with Crippen LogP contribution in [0.15, 0.2) is 96.1 Å². The number of rotatable bonds is 14. The zero-order chi connectivity index (χ0) is 38.6. The second-order valence-corrected chi connectivity index (χ2v) is 13.1. The Balaban J connectivity index is 1.41. The average Bonchev–Trinajstić information content (AvgIpc) is 3.17. The summed E-state index contributed by atoms with van der Waals surface area (Å²) < 4.78 is 24.4. The summed E-state index contributed by atoms with van der Waals surface area (Å²) in [6.45, 7) is 1.84. The highest BCUT2D eigenvalue weighted by Gasteiger charge is 2.54. The number of aliphatic hydroxyl groups is 2. The molecule has 2 aliphatic rings. The van der Waals surface area contributed by atoms with Gasteiger partial charge in [-0.1, -0.05) is 96.1 Å². The van der Waals surface area contributed by atoms with Crippen LogP contribution < -0.4 is 10.6 Å². The van der Waals surface area contributed by atoms with Crippen LogP contribution >= 0.6 is 0 Å². The highest BCUT2D eigenvalue weighted by molar-refractivity contribution is 5.68. The number of amides is 3. The van der Waals surface area contributed by atoms with E-state index in [1.807, 2.05) is 60.7 Å². The molecule has 1 aliphatic carbocycles. The lowest BCUT2D eigenvalue weighted by Crippen LogP contribution is -2.73. The predicted octanol–water partition coefficient (Wildman–Crippen LogP) is 4.38. The number of azide groups is 1. The van der Waals surface area contributed by atoms with Crippen LogP contribution in [0.3, 0.4) is 0 Å². The van der Waals surface area contributed by atoms with Gasteiger partial charge < -0.3 is 50.0 Å². The summed E-state index contributed by atoms with van der Waals surface area (Å²) in [5.74, 6) is 0. The number of nitrogens with one attached hydrogen (secondary N) is 2. The number of aliphatic hydroxyl groups excluding tert-OH is 2. The lowest BCUT2D eigenvalue weighted by molar-refractivity contribution is -0.272. The van der Waals surface area contributed by atoms with Crippen LogP contribution in [0.2, 0.25) is 0 Å². The smallest absolute Gasteiger partial charge is 0.410 e. The molecule has 3 aromatic rings. The van der Waals surface area contributed by atoms with Gasteiger partial charge in [-0.15, -0.1) is 0 Å². The van der Waals surface area contributed by atoms with Crippen LogP contribution in [0.4, 0.5) is 14.4 Å². The monoisotopic (exact) mass is 748 g/mol. The summed E-state index contributed by atoms with van der Waals surface area (Å²) in [6.07, 6.45) is -12.1. The zero-order valence-electron chi connectivity index (χ0n) is 29.4. The van der Waals surface area contributed by atoms with Crippen LogP contribution in [-0.4, -0.2) is 105 Å². The van der Waals surface area contributed by atoms with Crippen LogP contribution in [0.1, 0.15) is 36.5 Å². The maximum absolute atomic E-state index is 13.7. The second-order valence-electron chi connectivity index (χ2n) is 13.1. The molecule has 3 amide bonds. The van der Waals surface area contributed by atoms with Gasteiger partial charge >= 0.3 is 18.3 Å². The first-order chi connectivity index (χ1) is 26.0. The van der Waals surface area contributed by atoms with E-state index in [9.17, 15) is 40.3 Å². The minimum atomic E-state index is -1.88. The molecule has 6 N–H and O–H groups in total. The van der Waals surface area contributed by atoms with E-state index in [1.165, 1.54) is 4.90 Å². The van der Waals surface area contributed by atoms with Gasteiger partial charge in [0.1, 0.15) is 31.0 Å². The molecule has 3 aromatic carbocycles. The predicted molar refractivity (Wildman–Crippen MR) is 191 cm³/mol. The average molecular weight is 749 g/mol. The maximum atomic E-state index is 13.7. The fourth-order valence-electron chi connectivity index (χ4n) is 6.75. The van der Waals surface area contributed by atoms with E-state index in [0.717, 1.165) is 11.1 Å². The van der Waals surface area contributed by atoms with Crippen molar-refractivity contribution in [3.05, 3.63) is 118 Å². The van der Waals surface area contributed by atoms with Gasteiger partial charge in [0.05, 0.1) is 36.9 Å². The molecule has 17 heteroatoms. The van der Waals surface area contributed by atoms with Gasteiger partial charge in [-0.2, -0.15) is 0 Å². The first-order valence-electron chi connectivity index (χ1n) is 17.4. The third kappa shape index (κ3) is 10.4. The van der Waals surface area contributed by atoms with Crippen molar-refractivity contribution in [3.63, 3.8) is 0 Å². The van der Waals surface area contributed by atoms with E-state index in [1.54, 1.807) is 37.3 Å². The van der Waals surface area contributed by atoms with Crippen LogP contribution in [0.5, 0.6) is 0 Å². The Labute approximate surface area is 311 Å². The minimum absolute atomic E-state index is 0.0268. The quantitative estimate of drug-likeness (QED) is 0.0767. The molecule has 0 spiro atoms. The number of carboxylic acid groups (broad SMARTS) is 2. The number of hydrogen-bond donors (Lipinski definition) is 6. The van der Waals surface area contributed by atoms with Gasteiger partial charge in [0.2, 0.25) is 0 Å². The molecule has 1 heterocycles. The summed E-state index contributed by atoms with van der Waals surface area (Å²) in [5, 5.41) is 50.3. The third-order valence-corrected chi connectivity index (χ3v) is 9.51. The molecule has 5 rings (SSSR count). The number of hydrogen-bond acceptors (Lipinski definition) is 10. The molecule has 1 aliphatic heterocycles. The number of carbonyl (C=O) groups excluding carboxylic acids is 1. The lowest BCUT2D eigenvalue weighted by atomic mass is 9.81. The van der Waals surface area contributed by atoms with Crippen molar-refractivity contribution in [2.24, 2.45) is 5.11 Å². The SMILES string of the molecule is CC([C@@H]1CC[C@@H](N=[N+]=[N-])[C@@H](O[C@H]2[C@H](O)[C@@H](O)[C@H](NC(=O)O)[C@@H](OCc3ccccc3)[C@@H]2NC(=O)O)O1)N(Cc1ccccc1)C(=O)OCc1ccccc1. The van der Waals surface area contributed by atoms with Crippen LogP contribution in [0, 0.1) is 0 Å². The van der Waals surface area contributed by atoms with Crippen molar-refractivity contribution in [1.82, 2.24) is 15.5 Å². The summed E-state index contributed by atoms with van der Waals surface area (Å²) in [7, 11) is 0. The topological polar surface area (TPSA) is 245 Å². The Morgan fingerprint density at radius 2 is 1.39 bits per heavy atom. The van der Waals surface area contributed by atoms with E-state index in [0.29, 0.717) is 12.0 Å². The van der Waals surface area contributed by atoms with Crippen molar-refractivity contribution in [3.8, 4) is 0 Å². The highest BCUT2D eigenvalue weighted by Crippen LogP contribution is 2.33. The molecular weight excluding hydrogens is 704 g/mol.